The lowest BCUT2D eigenvalue weighted by Crippen LogP contribution is -2.40. The SMILES string of the molecule is COC(=O)c1c(F)c(F)c(C(=O)[O-])c(-c2c3ccc(=[N+]4CCC4)cc-3oc3cc(N4CCC4)ccc23)c1F. The van der Waals surface area contributed by atoms with Gasteiger partial charge in [0, 0.05) is 58.5 Å². The van der Waals surface area contributed by atoms with Crippen molar-refractivity contribution in [2.45, 2.75) is 12.8 Å². The first-order valence-electron chi connectivity index (χ1n) is 12.1. The molecular weight excluding hydrogens is 501 g/mol. The molecule has 2 aromatic carbocycles. The van der Waals surface area contributed by atoms with Gasteiger partial charge in [-0.2, -0.15) is 0 Å². The second-order valence-electron chi connectivity index (χ2n) is 9.37. The predicted octanol–water partition coefficient (Wildman–Crippen LogP) is 3.16. The fourth-order valence-corrected chi connectivity index (χ4v) is 5.05. The summed E-state index contributed by atoms with van der Waals surface area (Å²) >= 11 is 0. The van der Waals surface area contributed by atoms with Gasteiger partial charge in [-0.1, -0.05) is 0 Å². The molecule has 0 N–H and O–H groups in total. The molecule has 7 nitrogen and oxygen atoms in total. The molecule has 2 fully saturated rings. The van der Waals surface area contributed by atoms with Crippen molar-refractivity contribution < 1.29 is 37.0 Å². The molecule has 194 valence electrons. The molecule has 0 saturated carbocycles. The number of hydrogen-bond acceptors (Lipinski definition) is 6. The Morgan fingerprint density at radius 1 is 0.947 bits per heavy atom. The minimum absolute atomic E-state index is 0.0627. The highest BCUT2D eigenvalue weighted by Crippen LogP contribution is 2.45. The van der Waals surface area contributed by atoms with Crippen molar-refractivity contribution in [3.05, 3.63) is 70.3 Å². The van der Waals surface area contributed by atoms with E-state index in [1.54, 1.807) is 36.4 Å². The van der Waals surface area contributed by atoms with Crippen molar-refractivity contribution in [3.63, 3.8) is 0 Å². The van der Waals surface area contributed by atoms with E-state index in [0.29, 0.717) is 0 Å². The number of aromatic carboxylic acids is 1. The van der Waals surface area contributed by atoms with Gasteiger partial charge < -0.3 is 24.0 Å². The molecule has 38 heavy (non-hydrogen) atoms. The first kappa shape index (κ1) is 24.0. The molecule has 1 aliphatic carbocycles. The van der Waals surface area contributed by atoms with Crippen LogP contribution in [0.25, 0.3) is 33.4 Å². The first-order valence-corrected chi connectivity index (χ1v) is 12.1. The summed E-state index contributed by atoms with van der Waals surface area (Å²) in [6.45, 7) is 3.39. The predicted molar refractivity (Wildman–Crippen MR) is 130 cm³/mol. The van der Waals surface area contributed by atoms with Gasteiger partial charge in [0.15, 0.2) is 11.6 Å². The van der Waals surface area contributed by atoms with E-state index < -0.39 is 46.1 Å². The largest absolute Gasteiger partial charge is 0.545 e. The quantitative estimate of drug-likeness (QED) is 0.177. The zero-order valence-electron chi connectivity index (χ0n) is 20.3. The zero-order chi connectivity index (χ0) is 26.7. The summed E-state index contributed by atoms with van der Waals surface area (Å²) in [5.74, 6) is -8.79. The van der Waals surface area contributed by atoms with E-state index in [-0.39, 0.29) is 27.9 Å². The second-order valence-corrected chi connectivity index (χ2v) is 9.37. The Labute approximate surface area is 214 Å². The molecule has 0 amide bonds. The molecule has 0 aromatic heterocycles. The zero-order valence-corrected chi connectivity index (χ0v) is 20.3. The van der Waals surface area contributed by atoms with Crippen LogP contribution in [-0.4, -0.2) is 45.2 Å². The molecule has 4 aliphatic rings. The number of carboxylic acids is 1. The summed E-state index contributed by atoms with van der Waals surface area (Å²) in [7, 11) is 0.881. The summed E-state index contributed by atoms with van der Waals surface area (Å²) in [6, 6.07) is 10.2. The van der Waals surface area contributed by atoms with Crippen LogP contribution in [0.5, 0.6) is 0 Å². The smallest absolute Gasteiger partial charge is 0.344 e. The van der Waals surface area contributed by atoms with Crippen LogP contribution in [0, 0.1) is 17.5 Å². The summed E-state index contributed by atoms with van der Waals surface area (Å²) in [5.41, 5.74) is -2.16. The Bertz CT molecular complexity index is 1700. The Balaban J connectivity index is 1.77. The molecular formula is C28H21F3N2O5. The van der Waals surface area contributed by atoms with Crippen LogP contribution in [0.1, 0.15) is 33.6 Å². The molecule has 6 rings (SSSR count). The topological polar surface area (TPSA) is 85.8 Å². The van der Waals surface area contributed by atoms with Gasteiger partial charge in [-0.05, 0) is 24.6 Å². The van der Waals surface area contributed by atoms with E-state index in [1.807, 2.05) is 0 Å². The first-order chi connectivity index (χ1) is 18.3. The van der Waals surface area contributed by atoms with E-state index in [1.165, 1.54) is 0 Å². The maximum Gasteiger partial charge on any atom is 0.344 e. The molecule has 0 radical (unpaired) electrons. The van der Waals surface area contributed by atoms with Gasteiger partial charge >= 0.3 is 5.97 Å². The number of ether oxygens (including phenoxy) is 1. The maximum absolute atomic E-state index is 16.0. The van der Waals surface area contributed by atoms with Gasteiger partial charge in [-0.15, -0.1) is 0 Å². The number of hydrogen-bond donors (Lipinski definition) is 0. The van der Waals surface area contributed by atoms with E-state index in [9.17, 15) is 19.1 Å². The van der Waals surface area contributed by atoms with Gasteiger partial charge in [-0.25, -0.2) is 22.5 Å². The Hall–Kier alpha value is -4.34. The fraction of sp³-hybridized carbons (Fsp3) is 0.250. The van der Waals surface area contributed by atoms with Crippen molar-refractivity contribution in [3.8, 4) is 22.5 Å². The number of benzene rings is 3. The van der Waals surface area contributed by atoms with Crippen LogP contribution in [-0.2, 0) is 4.74 Å². The number of halogens is 3. The molecule has 3 heterocycles. The average molecular weight is 522 g/mol. The van der Waals surface area contributed by atoms with Crippen LogP contribution < -0.4 is 19.9 Å². The summed E-state index contributed by atoms with van der Waals surface area (Å²) in [5, 5.41) is 13.2. The minimum atomic E-state index is -2.14. The third-order valence-corrected chi connectivity index (χ3v) is 7.30. The molecule has 2 aromatic rings. The number of carbonyl (C=O) groups excluding carboxylic acids is 2. The number of anilines is 1. The third-order valence-electron chi connectivity index (χ3n) is 7.30. The van der Waals surface area contributed by atoms with Crippen molar-refractivity contribution in [2.75, 3.05) is 38.2 Å². The molecule has 2 saturated heterocycles. The van der Waals surface area contributed by atoms with Crippen LogP contribution in [0.3, 0.4) is 0 Å². The fourth-order valence-electron chi connectivity index (χ4n) is 5.05. The number of esters is 1. The molecule has 0 atom stereocenters. The number of carbonyl (C=O) groups is 2. The lowest BCUT2D eigenvalue weighted by atomic mass is 9.88. The molecule has 10 heteroatoms. The van der Waals surface area contributed by atoms with Gasteiger partial charge in [0.25, 0.3) is 0 Å². The monoisotopic (exact) mass is 522 g/mol. The highest BCUT2D eigenvalue weighted by atomic mass is 19.2. The summed E-state index contributed by atoms with van der Waals surface area (Å²) < 4.78 is 58.8. The normalized spacial score (nSPS) is 14.9. The lowest BCUT2D eigenvalue weighted by Gasteiger charge is -2.33. The Morgan fingerprint density at radius 2 is 1.68 bits per heavy atom. The molecule has 0 bridgehead atoms. The van der Waals surface area contributed by atoms with Crippen molar-refractivity contribution in [1.82, 2.24) is 4.58 Å². The standard InChI is InChI=1S/C28H21F3N2O5/c1-37-28(36)23-24(29)21(22(27(34)35)25(30)26(23)31)20-16-6-4-14(32-8-2-9-32)12-18(16)38-19-13-15(5-7-17(19)20)33-10-3-11-33/h4-7,12-13H,2-3,8-11H2,1H3. The molecule has 0 spiro atoms. The van der Waals surface area contributed by atoms with E-state index in [0.717, 1.165) is 57.2 Å². The van der Waals surface area contributed by atoms with Crippen LogP contribution >= 0.6 is 0 Å². The minimum Gasteiger partial charge on any atom is -0.545 e. The van der Waals surface area contributed by atoms with Gasteiger partial charge in [0.1, 0.15) is 35.8 Å². The number of methoxy groups -OCH3 is 1. The third kappa shape index (κ3) is 3.54. The van der Waals surface area contributed by atoms with Gasteiger partial charge in [-0.3, -0.25) is 0 Å². The van der Waals surface area contributed by atoms with Gasteiger partial charge in [0.2, 0.25) is 5.36 Å². The number of nitrogens with zero attached hydrogens (tertiary/aromatic N) is 2. The Kier molecular flexibility index (Phi) is 5.62. The van der Waals surface area contributed by atoms with E-state index >= 15 is 8.78 Å². The number of carboxylic acid groups (broad SMARTS) is 1. The van der Waals surface area contributed by atoms with Crippen LogP contribution in [0.4, 0.5) is 18.9 Å². The second kappa shape index (κ2) is 8.90. The summed E-state index contributed by atoms with van der Waals surface area (Å²) in [4.78, 5) is 26.4. The average Bonchev–Trinajstić information content (AvgIpc) is 2.82. The summed E-state index contributed by atoms with van der Waals surface area (Å²) in [6.07, 6.45) is 2.06. The maximum atomic E-state index is 16.0. The van der Waals surface area contributed by atoms with Crippen LogP contribution in [0.15, 0.2) is 40.8 Å². The number of rotatable bonds is 4. The van der Waals surface area contributed by atoms with Crippen molar-refractivity contribution in [2.24, 2.45) is 0 Å². The lowest BCUT2D eigenvalue weighted by molar-refractivity contribution is -0.255. The highest BCUT2D eigenvalue weighted by Gasteiger charge is 2.33. The van der Waals surface area contributed by atoms with Crippen molar-refractivity contribution >= 4 is 28.6 Å². The van der Waals surface area contributed by atoms with Crippen LogP contribution in [0.2, 0.25) is 0 Å². The number of fused-ring (bicyclic) bond motifs is 2. The van der Waals surface area contributed by atoms with E-state index in [2.05, 4.69) is 14.2 Å². The van der Waals surface area contributed by atoms with E-state index in [4.69, 9.17) is 4.42 Å². The van der Waals surface area contributed by atoms with Gasteiger partial charge in [0.05, 0.1) is 25.6 Å². The molecule has 0 unspecified atom stereocenters. The van der Waals surface area contributed by atoms with Crippen molar-refractivity contribution in [1.29, 1.82) is 0 Å². The Morgan fingerprint density at radius 3 is 2.29 bits per heavy atom. The molecule has 3 aliphatic heterocycles. The highest BCUT2D eigenvalue weighted by molar-refractivity contribution is 6.09.